The second-order valence-electron chi connectivity index (χ2n) is 4.67. The molecule has 4 heteroatoms. The van der Waals surface area contributed by atoms with Gasteiger partial charge in [0, 0.05) is 24.7 Å². The van der Waals surface area contributed by atoms with Gasteiger partial charge in [-0.1, -0.05) is 12.8 Å². The van der Waals surface area contributed by atoms with E-state index in [0.717, 1.165) is 16.8 Å². The van der Waals surface area contributed by atoms with Gasteiger partial charge in [0.1, 0.15) is 5.82 Å². The number of hydrogen-bond acceptors (Lipinski definition) is 2. The molecule has 0 aromatic carbocycles. The van der Waals surface area contributed by atoms with Crippen molar-refractivity contribution in [3.63, 3.8) is 0 Å². The molecule has 0 amide bonds. The third kappa shape index (κ3) is 3.14. The standard InChI is InChI=1S/C13H18BrClN2/c1-10-7-12(14)13(16-9-10)17-6-4-2-3-5-11(17)8-15/h7,9,11H,2-6,8H2,1H3. The zero-order valence-electron chi connectivity index (χ0n) is 10.1. The molecule has 1 aliphatic heterocycles. The fourth-order valence-corrected chi connectivity index (χ4v) is 3.37. The summed E-state index contributed by atoms with van der Waals surface area (Å²) in [7, 11) is 0. The van der Waals surface area contributed by atoms with Crippen molar-refractivity contribution >= 4 is 33.3 Å². The average molecular weight is 318 g/mol. The number of nitrogens with zero attached hydrogens (tertiary/aromatic N) is 2. The number of hydrogen-bond donors (Lipinski definition) is 0. The zero-order valence-corrected chi connectivity index (χ0v) is 12.5. The predicted octanol–water partition coefficient (Wildman–Crippen LogP) is 4.14. The molecule has 2 nitrogen and oxygen atoms in total. The molecule has 1 aliphatic rings. The fraction of sp³-hybridized carbons (Fsp3) is 0.615. The van der Waals surface area contributed by atoms with E-state index < -0.39 is 0 Å². The molecule has 1 unspecified atom stereocenters. The van der Waals surface area contributed by atoms with Crippen molar-refractivity contribution in [3.05, 3.63) is 22.3 Å². The predicted molar refractivity (Wildman–Crippen MR) is 77.0 cm³/mol. The maximum Gasteiger partial charge on any atom is 0.143 e. The molecule has 1 atom stereocenters. The largest absolute Gasteiger partial charge is 0.352 e. The van der Waals surface area contributed by atoms with Crippen molar-refractivity contribution in [1.82, 2.24) is 4.98 Å². The van der Waals surface area contributed by atoms with Crippen LogP contribution in [0.15, 0.2) is 16.7 Å². The third-order valence-corrected chi connectivity index (χ3v) is 4.23. The summed E-state index contributed by atoms with van der Waals surface area (Å²) in [4.78, 5) is 6.93. The van der Waals surface area contributed by atoms with Crippen molar-refractivity contribution in [2.45, 2.75) is 38.6 Å². The summed E-state index contributed by atoms with van der Waals surface area (Å²) in [5, 5.41) is 0. The van der Waals surface area contributed by atoms with E-state index in [9.17, 15) is 0 Å². The van der Waals surface area contributed by atoms with Gasteiger partial charge in [0.2, 0.25) is 0 Å². The molecule has 0 spiro atoms. The van der Waals surface area contributed by atoms with Crippen molar-refractivity contribution in [1.29, 1.82) is 0 Å². The van der Waals surface area contributed by atoms with Crippen molar-refractivity contribution in [2.75, 3.05) is 17.3 Å². The van der Waals surface area contributed by atoms with Crippen molar-refractivity contribution < 1.29 is 0 Å². The average Bonchev–Trinajstić information content (AvgIpc) is 2.54. The molecular weight excluding hydrogens is 300 g/mol. The van der Waals surface area contributed by atoms with Crippen LogP contribution in [0.2, 0.25) is 0 Å². The Morgan fingerprint density at radius 3 is 3.00 bits per heavy atom. The molecular formula is C13H18BrClN2. The monoisotopic (exact) mass is 316 g/mol. The molecule has 94 valence electrons. The number of halogens is 2. The summed E-state index contributed by atoms with van der Waals surface area (Å²) in [6.45, 7) is 3.12. The van der Waals surface area contributed by atoms with E-state index in [4.69, 9.17) is 11.6 Å². The van der Waals surface area contributed by atoms with Crippen LogP contribution in [0, 0.1) is 6.92 Å². The minimum atomic E-state index is 0.422. The van der Waals surface area contributed by atoms with Crippen LogP contribution in [-0.4, -0.2) is 23.5 Å². The summed E-state index contributed by atoms with van der Waals surface area (Å²) in [6.07, 6.45) is 6.90. The highest BCUT2D eigenvalue weighted by molar-refractivity contribution is 9.10. The molecule has 1 aromatic rings. The van der Waals surface area contributed by atoms with Gasteiger partial charge in [-0.3, -0.25) is 0 Å². The number of rotatable bonds is 2. The van der Waals surface area contributed by atoms with Crippen LogP contribution in [0.25, 0.3) is 0 Å². The van der Waals surface area contributed by atoms with Crippen LogP contribution < -0.4 is 4.90 Å². The van der Waals surface area contributed by atoms with Gasteiger partial charge in [-0.2, -0.15) is 0 Å². The Bertz CT molecular complexity index is 384. The van der Waals surface area contributed by atoms with Gasteiger partial charge in [-0.05, 0) is 47.3 Å². The maximum absolute atomic E-state index is 6.10. The highest BCUT2D eigenvalue weighted by atomic mass is 79.9. The number of alkyl halides is 1. The topological polar surface area (TPSA) is 16.1 Å². The van der Waals surface area contributed by atoms with Crippen LogP contribution in [0.5, 0.6) is 0 Å². The smallest absolute Gasteiger partial charge is 0.143 e. The van der Waals surface area contributed by atoms with E-state index >= 15 is 0 Å². The van der Waals surface area contributed by atoms with E-state index in [0.29, 0.717) is 11.9 Å². The first-order valence-corrected chi connectivity index (χ1v) is 7.50. The van der Waals surface area contributed by atoms with Crippen LogP contribution in [0.3, 0.4) is 0 Å². The van der Waals surface area contributed by atoms with Crippen molar-refractivity contribution in [2.24, 2.45) is 0 Å². The van der Waals surface area contributed by atoms with Gasteiger partial charge in [0.15, 0.2) is 0 Å². The van der Waals surface area contributed by atoms with E-state index in [1.807, 2.05) is 6.20 Å². The van der Waals surface area contributed by atoms with Crippen LogP contribution in [0.4, 0.5) is 5.82 Å². The lowest BCUT2D eigenvalue weighted by Crippen LogP contribution is -2.37. The minimum absolute atomic E-state index is 0.422. The number of aromatic nitrogens is 1. The van der Waals surface area contributed by atoms with Crippen LogP contribution in [-0.2, 0) is 0 Å². The number of pyridine rings is 1. The van der Waals surface area contributed by atoms with Gasteiger partial charge >= 0.3 is 0 Å². The highest BCUT2D eigenvalue weighted by Gasteiger charge is 2.22. The first-order chi connectivity index (χ1) is 8.22. The van der Waals surface area contributed by atoms with Crippen LogP contribution in [0.1, 0.15) is 31.2 Å². The Kier molecular flexibility index (Phi) is 4.69. The molecule has 0 bridgehead atoms. The second-order valence-corrected chi connectivity index (χ2v) is 5.83. The SMILES string of the molecule is Cc1cnc(N2CCCCCC2CCl)c(Br)c1. The van der Waals surface area contributed by atoms with Crippen molar-refractivity contribution in [3.8, 4) is 0 Å². The lowest BCUT2D eigenvalue weighted by molar-refractivity contribution is 0.615. The lowest BCUT2D eigenvalue weighted by Gasteiger charge is -2.30. The zero-order chi connectivity index (χ0) is 12.3. The Morgan fingerprint density at radius 1 is 1.47 bits per heavy atom. The Morgan fingerprint density at radius 2 is 2.29 bits per heavy atom. The molecule has 0 aliphatic carbocycles. The molecule has 2 heterocycles. The second kappa shape index (κ2) is 6.05. The summed E-state index contributed by atoms with van der Waals surface area (Å²) in [5.74, 6) is 1.73. The maximum atomic E-state index is 6.10. The van der Waals surface area contributed by atoms with Gasteiger partial charge < -0.3 is 4.90 Å². The molecule has 1 aromatic heterocycles. The molecule has 2 rings (SSSR count). The van der Waals surface area contributed by atoms with Gasteiger partial charge in [-0.15, -0.1) is 11.6 Å². The van der Waals surface area contributed by atoms with E-state index in [1.54, 1.807) is 0 Å². The molecule has 1 saturated heterocycles. The Labute approximate surface area is 116 Å². The third-order valence-electron chi connectivity index (χ3n) is 3.29. The molecule has 0 N–H and O–H groups in total. The quantitative estimate of drug-likeness (QED) is 0.762. The minimum Gasteiger partial charge on any atom is -0.352 e. The van der Waals surface area contributed by atoms with Gasteiger partial charge in [0.05, 0.1) is 4.47 Å². The molecule has 0 saturated carbocycles. The lowest BCUT2D eigenvalue weighted by atomic mass is 10.1. The molecule has 1 fully saturated rings. The molecule has 0 radical (unpaired) electrons. The number of anilines is 1. The van der Waals surface area contributed by atoms with Crippen LogP contribution >= 0.6 is 27.5 Å². The first kappa shape index (κ1) is 13.2. The Balaban J connectivity index is 2.28. The van der Waals surface area contributed by atoms with E-state index in [2.05, 4.69) is 38.8 Å². The van der Waals surface area contributed by atoms with E-state index in [-0.39, 0.29) is 0 Å². The first-order valence-electron chi connectivity index (χ1n) is 6.17. The summed E-state index contributed by atoms with van der Waals surface area (Å²) < 4.78 is 1.08. The molecule has 17 heavy (non-hydrogen) atoms. The van der Waals surface area contributed by atoms with Gasteiger partial charge in [0.25, 0.3) is 0 Å². The summed E-state index contributed by atoms with van der Waals surface area (Å²) in [6, 6.07) is 2.55. The summed E-state index contributed by atoms with van der Waals surface area (Å²) in [5.41, 5.74) is 1.18. The van der Waals surface area contributed by atoms with E-state index in [1.165, 1.54) is 31.2 Å². The highest BCUT2D eigenvalue weighted by Crippen LogP contribution is 2.29. The normalized spacial score (nSPS) is 21.4. The Hall–Kier alpha value is -0.280. The number of aryl methyl sites for hydroxylation is 1. The summed E-state index contributed by atoms with van der Waals surface area (Å²) >= 11 is 9.71. The fourth-order valence-electron chi connectivity index (χ4n) is 2.35. The van der Waals surface area contributed by atoms with Gasteiger partial charge in [-0.25, -0.2) is 4.98 Å².